The molecule has 0 amide bonds. The fraction of sp³-hybridized carbons (Fsp3) is 0.571. The largest absolute Gasteiger partial charge is 0.341 e. The van der Waals surface area contributed by atoms with Gasteiger partial charge in [-0.2, -0.15) is 5.26 Å². The summed E-state index contributed by atoms with van der Waals surface area (Å²) in [7, 11) is 0. The average molecular weight is 291 g/mol. The molecule has 1 saturated heterocycles. The summed E-state index contributed by atoms with van der Waals surface area (Å²) in [5, 5.41) is 9.62. The molecule has 0 bridgehead atoms. The quantitative estimate of drug-likeness (QED) is 0.797. The van der Waals surface area contributed by atoms with Gasteiger partial charge < -0.3 is 9.69 Å². The van der Waals surface area contributed by atoms with Crippen LogP contribution in [0.5, 0.6) is 0 Å². The molecule has 5 nitrogen and oxygen atoms in total. The van der Waals surface area contributed by atoms with Gasteiger partial charge in [0.15, 0.2) is 0 Å². The molecule has 1 aromatic heterocycles. The van der Waals surface area contributed by atoms with Crippen molar-refractivity contribution in [3.8, 4) is 6.07 Å². The van der Waals surface area contributed by atoms with E-state index in [1.165, 1.54) is 0 Å². The first-order valence-electron chi connectivity index (χ1n) is 6.78. The molecule has 2 atom stereocenters. The Morgan fingerprint density at radius 1 is 1.40 bits per heavy atom. The van der Waals surface area contributed by atoms with Gasteiger partial charge in [0.25, 0.3) is 0 Å². The second-order valence-electron chi connectivity index (χ2n) is 5.61. The Morgan fingerprint density at radius 3 is 2.55 bits per heavy atom. The minimum absolute atomic E-state index is 0.248. The number of rotatable bonds is 3. The minimum Gasteiger partial charge on any atom is -0.341 e. The van der Waals surface area contributed by atoms with E-state index < -0.39 is 5.41 Å². The number of halogens is 1. The van der Waals surface area contributed by atoms with Gasteiger partial charge in [-0.15, -0.1) is 0 Å². The molecular weight excluding hydrogens is 276 g/mol. The molecule has 0 radical (unpaired) electrons. The van der Waals surface area contributed by atoms with Gasteiger partial charge in [0.2, 0.25) is 5.95 Å². The highest BCUT2D eigenvalue weighted by molar-refractivity contribution is 6.30. The van der Waals surface area contributed by atoms with Crippen LogP contribution in [0, 0.1) is 28.6 Å². The molecule has 0 aromatic carbocycles. The Kier molecular flexibility index (Phi) is 3.35. The van der Waals surface area contributed by atoms with Crippen LogP contribution in [0.1, 0.15) is 19.3 Å². The molecule has 3 rings (SSSR count). The summed E-state index contributed by atoms with van der Waals surface area (Å²) in [6.07, 6.45) is 6.73. The normalized spacial score (nSPS) is 29.8. The fourth-order valence-electron chi connectivity index (χ4n) is 3.15. The first-order valence-corrected chi connectivity index (χ1v) is 7.16. The molecule has 0 spiro atoms. The number of piperidine rings is 1. The van der Waals surface area contributed by atoms with Gasteiger partial charge in [0.1, 0.15) is 11.7 Å². The SMILES string of the molecule is N#CC1(C=O)CC1C1CCN(c2ncc(Cl)cn2)CC1. The van der Waals surface area contributed by atoms with Crippen molar-refractivity contribution in [2.75, 3.05) is 18.0 Å². The van der Waals surface area contributed by atoms with E-state index in [2.05, 4.69) is 20.9 Å². The maximum atomic E-state index is 11.0. The van der Waals surface area contributed by atoms with Crippen LogP contribution in [0.3, 0.4) is 0 Å². The molecule has 2 heterocycles. The van der Waals surface area contributed by atoms with E-state index in [-0.39, 0.29) is 5.92 Å². The van der Waals surface area contributed by atoms with Crippen molar-refractivity contribution in [3.05, 3.63) is 17.4 Å². The van der Waals surface area contributed by atoms with Crippen LogP contribution in [0.2, 0.25) is 5.02 Å². The third-order valence-electron chi connectivity index (χ3n) is 4.48. The first kappa shape index (κ1) is 13.3. The summed E-state index contributed by atoms with van der Waals surface area (Å²) in [5.41, 5.74) is -0.691. The van der Waals surface area contributed by atoms with E-state index in [1.54, 1.807) is 12.4 Å². The predicted molar refractivity (Wildman–Crippen MR) is 74.2 cm³/mol. The minimum atomic E-state index is -0.691. The molecule has 1 saturated carbocycles. The molecule has 2 fully saturated rings. The van der Waals surface area contributed by atoms with Crippen molar-refractivity contribution >= 4 is 23.8 Å². The number of hydrogen-bond acceptors (Lipinski definition) is 5. The lowest BCUT2D eigenvalue weighted by Gasteiger charge is -2.32. The second kappa shape index (κ2) is 5.02. The fourth-order valence-corrected chi connectivity index (χ4v) is 3.25. The zero-order valence-electron chi connectivity index (χ0n) is 11.0. The number of carbonyl (C=O) groups is 1. The molecule has 1 aliphatic heterocycles. The third kappa shape index (κ3) is 2.25. The summed E-state index contributed by atoms with van der Waals surface area (Å²) in [6.45, 7) is 1.73. The van der Waals surface area contributed by atoms with Gasteiger partial charge >= 0.3 is 0 Å². The summed E-state index contributed by atoms with van der Waals surface area (Å²) in [4.78, 5) is 21.6. The summed E-state index contributed by atoms with van der Waals surface area (Å²) < 4.78 is 0. The van der Waals surface area contributed by atoms with Crippen LogP contribution in [0.25, 0.3) is 0 Å². The van der Waals surface area contributed by atoms with Crippen molar-refractivity contribution in [3.63, 3.8) is 0 Å². The van der Waals surface area contributed by atoms with Crippen LogP contribution in [-0.2, 0) is 4.79 Å². The zero-order valence-corrected chi connectivity index (χ0v) is 11.8. The van der Waals surface area contributed by atoms with Gasteiger partial charge in [-0.25, -0.2) is 9.97 Å². The number of nitriles is 1. The number of anilines is 1. The standard InChI is InChI=1S/C14H15ClN4O/c15-11-6-17-13(18-7-11)19-3-1-10(2-4-19)12-5-14(12,8-16)9-20/h6-7,9-10,12H,1-5H2. The van der Waals surface area contributed by atoms with E-state index in [4.69, 9.17) is 16.9 Å². The van der Waals surface area contributed by atoms with E-state index in [0.29, 0.717) is 16.9 Å². The topological polar surface area (TPSA) is 69.9 Å². The number of aldehydes is 1. The Morgan fingerprint density at radius 2 is 2.05 bits per heavy atom. The summed E-state index contributed by atoms with van der Waals surface area (Å²) >= 11 is 5.78. The smallest absolute Gasteiger partial charge is 0.225 e. The van der Waals surface area contributed by atoms with Crippen molar-refractivity contribution < 1.29 is 4.79 Å². The number of hydrogen-bond donors (Lipinski definition) is 0. The van der Waals surface area contributed by atoms with Gasteiger partial charge in [0, 0.05) is 13.1 Å². The number of aromatic nitrogens is 2. The van der Waals surface area contributed by atoms with Crippen molar-refractivity contribution in [2.24, 2.45) is 17.3 Å². The van der Waals surface area contributed by atoms with Crippen LogP contribution >= 0.6 is 11.6 Å². The van der Waals surface area contributed by atoms with Gasteiger partial charge in [-0.1, -0.05) is 11.6 Å². The molecule has 2 aliphatic rings. The van der Waals surface area contributed by atoms with Crippen LogP contribution in [0.4, 0.5) is 5.95 Å². The lowest BCUT2D eigenvalue weighted by molar-refractivity contribution is -0.111. The molecule has 0 N–H and O–H groups in total. The molecule has 20 heavy (non-hydrogen) atoms. The summed E-state index contributed by atoms with van der Waals surface area (Å²) in [5.74, 6) is 1.41. The molecule has 6 heteroatoms. The molecule has 1 aliphatic carbocycles. The van der Waals surface area contributed by atoms with Gasteiger partial charge in [0.05, 0.1) is 23.5 Å². The van der Waals surface area contributed by atoms with Crippen LogP contribution in [-0.4, -0.2) is 29.3 Å². The molecular formula is C14H15ClN4O. The highest BCUT2D eigenvalue weighted by Gasteiger charge is 2.58. The highest BCUT2D eigenvalue weighted by atomic mass is 35.5. The monoisotopic (exact) mass is 290 g/mol. The van der Waals surface area contributed by atoms with E-state index in [0.717, 1.165) is 38.6 Å². The first-order chi connectivity index (χ1) is 9.68. The van der Waals surface area contributed by atoms with Crippen LogP contribution < -0.4 is 4.90 Å². The predicted octanol–water partition coefficient (Wildman–Crippen LogP) is 2.08. The maximum Gasteiger partial charge on any atom is 0.225 e. The van der Waals surface area contributed by atoms with E-state index in [1.807, 2.05) is 0 Å². The van der Waals surface area contributed by atoms with Gasteiger partial charge in [-0.3, -0.25) is 0 Å². The second-order valence-corrected chi connectivity index (χ2v) is 6.04. The average Bonchev–Trinajstić information content (AvgIpc) is 3.24. The number of nitrogens with zero attached hydrogens (tertiary/aromatic N) is 4. The Balaban J connectivity index is 1.60. The van der Waals surface area contributed by atoms with E-state index >= 15 is 0 Å². The lowest BCUT2D eigenvalue weighted by Crippen LogP contribution is -2.36. The van der Waals surface area contributed by atoms with Crippen LogP contribution in [0.15, 0.2) is 12.4 Å². The van der Waals surface area contributed by atoms with Crippen molar-refractivity contribution in [1.82, 2.24) is 9.97 Å². The van der Waals surface area contributed by atoms with Crippen molar-refractivity contribution in [1.29, 1.82) is 5.26 Å². The lowest BCUT2D eigenvalue weighted by atomic mass is 9.88. The Labute approximate surface area is 122 Å². The number of carbonyl (C=O) groups excluding carboxylic acids is 1. The Hall–Kier alpha value is -1.67. The highest BCUT2D eigenvalue weighted by Crippen LogP contribution is 2.56. The molecule has 2 unspecified atom stereocenters. The Bertz CT molecular complexity index is 547. The zero-order chi connectivity index (χ0) is 14.2. The van der Waals surface area contributed by atoms with E-state index in [9.17, 15) is 4.79 Å². The van der Waals surface area contributed by atoms with Crippen molar-refractivity contribution in [2.45, 2.75) is 19.3 Å². The maximum absolute atomic E-state index is 11.0. The molecule has 1 aromatic rings. The summed E-state index contributed by atoms with van der Waals surface area (Å²) in [6, 6.07) is 2.18. The molecule has 104 valence electrons. The third-order valence-corrected chi connectivity index (χ3v) is 4.67. The van der Waals surface area contributed by atoms with Gasteiger partial charge in [-0.05, 0) is 31.1 Å².